The summed E-state index contributed by atoms with van der Waals surface area (Å²) in [6, 6.07) is 6.97. The lowest BCUT2D eigenvalue weighted by atomic mass is 9.84. The molecule has 1 atom stereocenters. The predicted molar refractivity (Wildman–Crippen MR) is 85.5 cm³/mol. The maximum absolute atomic E-state index is 9.88. The molecule has 108 valence electrons. The monoisotopic (exact) mass is 281 g/mol. The standard InChI is InChI=1S/C17H19N3O/c1-10-6-7-15-12(8-10)13(17(19)20-15)9-14(18)11-4-2-3-5-16(11)21/h2-5,9-10,19,21H,6-8,18H2,1H3/b14-9-,19-17?. The van der Waals surface area contributed by atoms with Crippen molar-refractivity contribution >= 4 is 17.2 Å². The Hall–Kier alpha value is -2.36. The van der Waals surface area contributed by atoms with E-state index >= 15 is 0 Å². The fourth-order valence-electron chi connectivity index (χ4n) is 2.94. The first-order chi connectivity index (χ1) is 10.1. The molecular formula is C17H19N3O. The molecule has 0 spiro atoms. The van der Waals surface area contributed by atoms with E-state index in [1.165, 1.54) is 0 Å². The highest BCUT2D eigenvalue weighted by molar-refractivity contribution is 6.22. The molecule has 1 aromatic carbocycles. The van der Waals surface area contributed by atoms with Gasteiger partial charge in [0.25, 0.3) is 0 Å². The number of hydrogen-bond donors (Lipinski definition) is 3. The first kappa shape index (κ1) is 13.6. The zero-order chi connectivity index (χ0) is 15.0. The molecule has 1 aromatic rings. The Labute approximate surface area is 124 Å². The lowest BCUT2D eigenvalue weighted by molar-refractivity contribution is 0.473. The molecular weight excluding hydrogens is 262 g/mol. The molecule has 4 heteroatoms. The van der Waals surface area contributed by atoms with E-state index in [-0.39, 0.29) is 11.6 Å². The van der Waals surface area contributed by atoms with Crippen LogP contribution in [0.15, 0.2) is 46.5 Å². The summed E-state index contributed by atoms with van der Waals surface area (Å²) in [5, 5.41) is 17.9. The molecule has 0 radical (unpaired) electrons. The number of nitrogens with zero attached hydrogens (tertiary/aromatic N) is 1. The zero-order valence-electron chi connectivity index (χ0n) is 12.1. The van der Waals surface area contributed by atoms with Crippen LogP contribution >= 0.6 is 0 Å². The summed E-state index contributed by atoms with van der Waals surface area (Å²) in [6.07, 6.45) is 4.79. The van der Waals surface area contributed by atoms with Crippen molar-refractivity contribution in [2.45, 2.75) is 26.2 Å². The Kier molecular flexibility index (Phi) is 3.37. The summed E-state index contributed by atoms with van der Waals surface area (Å²) >= 11 is 0. The number of phenols is 1. The second-order valence-corrected chi connectivity index (χ2v) is 5.76. The lowest BCUT2D eigenvalue weighted by Crippen LogP contribution is -2.14. The molecule has 0 bridgehead atoms. The van der Waals surface area contributed by atoms with Gasteiger partial charge in [-0.3, -0.25) is 5.41 Å². The number of allylic oxidation sites excluding steroid dienone is 1. The van der Waals surface area contributed by atoms with E-state index in [9.17, 15) is 5.11 Å². The normalized spacial score (nSPS) is 22.3. The molecule has 1 saturated carbocycles. The van der Waals surface area contributed by atoms with E-state index in [0.29, 0.717) is 17.2 Å². The third-order valence-electron chi connectivity index (χ3n) is 4.12. The molecule has 4 N–H and O–H groups in total. The van der Waals surface area contributed by atoms with Gasteiger partial charge in [0.05, 0.1) is 0 Å². The average molecular weight is 281 g/mol. The maximum atomic E-state index is 9.88. The van der Waals surface area contributed by atoms with Gasteiger partial charge in [-0.15, -0.1) is 0 Å². The van der Waals surface area contributed by atoms with Gasteiger partial charge in [-0.25, -0.2) is 4.99 Å². The number of fused-ring (bicyclic) bond motifs is 1. The number of rotatable bonds is 2. The minimum Gasteiger partial charge on any atom is -0.507 e. The van der Waals surface area contributed by atoms with Gasteiger partial charge in [-0.1, -0.05) is 19.1 Å². The molecule has 0 saturated heterocycles. The van der Waals surface area contributed by atoms with Crippen LogP contribution in [-0.2, 0) is 0 Å². The number of aliphatic imine (C=N–C) groups is 1. The summed E-state index contributed by atoms with van der Waals surface area (Å²) in [6.45, 7) is 2.22. The number of benzene rings is 1. The second-order valence-electron chi connectivity index (χ2n) is 5.76. The highest BCUT2D eigenvalue weighted by Gasteiger charge is 2.28. The first-order valence-electron chi connectivity index (χ1n) is 7.22. The molecule has 1 heterocycles. The molecule has 1 aliphatic carbocycles. The number of nitrogens with two attached hydrogens (primary N) is 1. The van der Waals surface area contributed by atoms with E-state index in [2.05, 4.69) is 11.9 Å². The first-order valence-corrected chi connectivity index (χ1v) is 7.22. The van der Waals surface area contributed by atoms with Gasteiger partial charge >= 0.3 is 0 Å². The summed E-state index contributed by atoms with van der Waals surface area (Å²) in [5.41, 5.74) is 10.2. The lowest BCUT2D eigenvalue weighted by Gasteiger charge is -2.20. The van der Waals surface area contributed by atoms with Crippen molar-refractivity contribution in [3.05, 3.63) is 47.1 Å². The van der Waals surface area contributed by atoms with Crippen LogP contribution in [0.4, 0.5) is 0 Å². The minimum absolute atomic E-state index is 0.152. The van der Waals surface area contributed by atoms with Crippen LogP contribution in [0.3, 0.4) is 0 Å². The van der Waals surface area contributed by atoms with Crippen molar-refractivity contribution < 1.29 is 5.11 Å². The molecule has 1 unspecified atom stereocenters. The van der Waals surface area contributed by atoms with Crippen LogP contribution in [0, 0.1) is 11.3 Å². The highest BCUT2D eigenvalue weighted by atomic mass is 16.3. The molecule has 0 aromatic heterocycles. The Bertz CT molecular complexity index is 698. The number of aromatic hydroxyl groups is 1. The van der Waals surface area contributed by atoms with Crippen molar-refractivity contribution in [3.8, 4) is 5.75 Å². The van der Waals surface area contributed by atoms with Gasteiger partial charge < -0.3 is 10.8 Å². The number of para-hydroxylation sites is 1. The molecule has 2 aliphatic rings. The van der Waals surface area contributed by atoms with Crippen LogP contribution in [0.1, 0.15) is 31.7 Å². The van der Waals surface area contributed by atoms with Crippen LogP contribution in [0.25, 0.3) is 5.70 Å². The SMILES string of the molecule is CC1CCC2=NC(=N)C(/C=C(\N)c3ccccc3O)=C2C1. The number of amidine groups is 1. The van der Waals surface area contributed by atoms with Gasteiger partial charge in [0, 0.05) is 22.5 Å². The van der Waals surface area contributed by atoms with Gasteiger partial charge in [-0.2, -0.15) is 0 Å². The van der Waals surface area contributed by atoms with Crippen LogP contribution < -0.4 is 5.73 Å². The van der Waals surface area contributed by atoms with Crippen molar-refractivity contribution in [2.75, 3.05) is 0 Å². The Balaban J connectivity index is 2.00. The summed E-state index contributed by atoms with van der Waals surface area (Å²) < 4.78 is 0. The molecule has 4 nitrogen and oxygen atoms in total. The third kappa shape index (κ3) is 2.49. The molecule has 21 heavy (non-hydrogen) atoms. The van der Waals surface area contributed by atoms with Gasteiger partial charge in [0.1, 0.15) is 5.75 Å². The fourth-order valence-corrected chi connectivity index (χ4v) is 2.94. The van der Waals surface area contributed by atoms with E-state index in [1.54, 1.807) is 24.3 Å². The highest BCUT2D eigenvalue weighted by Crippen LogP contribution is 2.34. The minimum atomic E-state index is 0.152. The van der Waals surface area contributed by atoms with Crippen molar-refractivity contribution in [3.63, 3.8) is 0 Å². The number of phenolic OH excluding ortho intramolecular Hbond substituents is 1. The Morgan fingerprint density at radius 1 is 1.43 bits per heavy atom. The van der Waals surface area contributed by atoms with Crippen LogP contribution in [0.5, 0.6) is 5.75 Å². The van der Waals surface area contributed by atoms with Crippen molar-refractivity contribution in [1.29, 1.82) is 5.41 Å². The zero-order valence-corrected chi connectivity index (χ0v) is 12.1. The molecule has 3 rings (SSSR count). The average Bonchev–Trinajstić information content (AvgIpc) is 2.75. The summed E-state index contributed by atoms with van der Waals surface area (Å²) in [4.78, 5) is 4.36. The predicted octanol–water partition coefficient (Wildman–Crippen LogP) is 3.24. The largest absolute Gasteiger partial charge is 0.507 e. The Morgan fingerprint density at radius 3 is 2.95 bits per heavy atom. The van der Waals surface area contributed by atoms with Gasteiger partial charge in [-0.05, 0) is 49.0 Å². The Morgan fingerprint density at radius 2 is 2.19 bits per heavy atom. The van der Waals surface area contributed by atoms with Crippen molar-refractivity contribution in [1.82, 2.24) is 0 Å². The van der Waals surface area contributed by atoms with E-state index in [1.807, 2.05) is 6.07 Å². The molecule has 1 aliphatic heterocycles. The smallest absolute Gasteiger partial charge is 0.152 e. The number of hydrogen-bond acceptors (Lipinski definition) is 3. The van der Waals surface area contributed by atoms with Crippen LogP contribution in [-0.4, -0.2) is 16.7 Å². The molecule has 0 amide bonds. The topological polar surface area (TPSA) is 82.5 Å². The fraction of sp³-hybridized carbons (Fsp3) is 0.294. The quantitative estimate of drug-likeness (QED) is 0.777. The number of nitrogens with one attached hydrogen (secondary N) is 1. The summed E-state index contributed by atoms with van der Waals surface area (Å²) in [5.74, 6) is 1.05. The van der Waals surface area contributed by atoms with Crippen LogP contribution in [0.2, 0.25) is 0 Å². The van der Waals surface area contributed by atoms with E-state index in [0.717, 1.165) is 36.1 Å². The summed E-state index contributed by atoms with van der Waals surface area (Å²) in [7, 11) is 0. The second kappa shape index (κ2) is 5.20. The van der Waals surface area contributed by atoms with E-state index in [4.69, 9.17) is 11.1 Å². The maximum Gasteiger partial charge on any atom is 0.152 e. The molecule has 1 fully saturated rings. The van der Waals surface area contributed by atoms with Gasteiger partial charge in [0.2, 0.25) is 0 Å². The van der Waals surface area contributed by atoms with Gasteiger partial charge in [0.15, 0.2) is 5.84 Å². The van der Waals surface area contributed by atoms with E-state index < -0.39 is 0 Å². The third-order valence-corrected chi connectivity index (χ3v) is 4.12. The van der Waals surface area contributed by atoms with Crippen molar-refractivity contribution in [2.24, 2.45) is 16.6 Å².